The molecule has 0 radical (unpaired) electrons. The third-order valence-electron chi connectivity index (χ3n) is 4.60. The van der Waals surface area contributed by atoms with Gasteiger partial charge in [0.05, 0.1) is 7.11 Å². The molecule has 1 aromatic rings. The molecule has 3 heteroatoms. The highest BCUT2D eigenvalue weighted by Gasteiger charge is 2.38. The maximum atomic E-state index is 13.5. The Kier molecular flexibility index (Phi) is 3.14. The Hall–Kier alpha value is -1.25. The number of anilines is 1. The Morgan fingerprint density at radius 3 is 2.83 bits per heavy atom. The van der Waals surface area contributed by atoms with Crippen molar-refractivity contribution in [2.24, 2.45) is 17.8 Å². The number of nitrogens with one attached hydrogen (secondary N) is 1. The van der Waals surface area contributed by atoms with E-state index in [2.05, 4.69) is 5.32 Å². The lowest BCUT2D eigenvalue weighted by molar-refractivity contribution is 0.348. The third-order valence-corrected chi connectivity index (χ3v) is 4.60. The van der Waals surface area contributed by atoms with Gasteiger partial charge in [-0.25, -0.2) is 4.39 Å². The van der Waals surface area contributed by atoms with E-state index in [0.717, 1.165) is 30.0 Å². The molecule has 2 aliphatic rings. The first kappa shape index (κ1) is 11.8. The Morgan fingerprint density at radius 2 is 2.22 bits per heavy atom. The summed E-state index contributed by atoms with van der Waals surface area (Å²) in [6.07, 6.45) is 5.60. The molecule has 1 aromatic carbocycles. The lowest BCUT2D eigenvalue weighted by atomic mass is 9.89. The first-order valence-corrected chi connectivity index (χ1v) is 6.83. The van der Waals surface area contributed by atoms with Crippen LogP contribution in [0.2, 0.25) is 0 Å². The number of benzene rings is 1. The molecule has 0 aliphatic heterocycles. The van der Waals surface area contributed by atoms with Gasteiger partial charge in [0, 0.05) is 18.3 Å². The van der Waals surface area contributed by atoms with Gasteiger partial charge in [0.25, 0.3) is 0 Å². The molecule has 98 valence electrons. The maximum absolute atomic E-state index is 13.5. The molecular formula is C15H20FNO. The van der Waals surface area contributed by atoms with Crippen molar-refractivity contribution < 1.29 is 9.13 Å². The van der Waals surface area contributed by atoms with E-state index in [0.29, 0.717) is 5.75 Å². The van der Waals surface area contributed by atoms with Gasteiger partial charge in [0.1, 0.15) is 0 Å². The van der Waals surface area contributed by atoms with Crippen LogP contribution in [0.1, 0.15) is 25.7 Å². The standard InChI is InChI=1S/C15H20FNO/c1-18-15-5-4-13(8-14(15)16)17-9-12-7-10-2-3-11(12)6-10/h4-5,8,10-12,17H,2-3,6-7,9H2,1H3. The summed E-state index contributed by atoms with van der Waals surface area (Å²) >= 11 is 0. The number of ether oxygens (including phenoxy) is 1. The van der Waals surface area contributed by atoms with Crippen LogP contribution in [0, 0.1) is 23.6 Å². The largest absolute Gasteiger partial charge is 0.494 e. The molecule has 18 heavy (non-hydrogen) atoms. The molecule has 2 saturated carbocycles. The van der Waals surface area contributed by atoms with Crippen molar-refractivity contribution in [2.45, 2.75) is 25.7 Å². The van der Waals surface area contributed by atoms with Crippen LogP contribution in [0.15, 0.2) is 18.2 Å². The van der Waals surface area contributed by atoms with Crippen molar-refractivity contribution in [3.63, 3.8) is 0 Å². The number of hydrogen-bond donors (Lipinski definition) is 1. The van der Waals surface area contributed by atoms with Crippen LogP contribution < -0.4 is 10.1 Å². The molecule has 1 N–H and O–H groups in total. The average Bonchev–Trinajstić information content (AvgIpc) is 2.98. The van der Waals surface area contributed by atoms with Crippen molar-refractivity contribution in [3.05, 3.63) is 24.0 Å². The van der Waals surface area contributed by atoms with Crippen LogP contribution in [0.5, 0.6) is 5.75 Å². The zero-order valence-electron chi connectivity index (χ0n) is 10.8. The zero-order chi connectivity index (χ0) is 12.5. The van der Waals surface area contributed by atoms with Gasteiger partial charge in [-0.15, -0.1) is 0 Å². The van der Waals surface area contributed by atoms with Crippen molar-refractivity contribution in [3.8, 4) is 5.75 Å². The molecule has 3 atom stereocenters. The molecule has 0 spiro atoms. The minimum atomic E-state index is -0.296. The topological polar surface area (TPSA) is 21.3 Å². The van der Waals surface area contributed by atoms with Crippen LogP contribution in [-0.2, 0) is 0 Å². The monoisotopic (exact) mass is 249 g/mol. The molecule has 2 fully saturated rings. The predicted octanol–water partition coefficient (Wildman–Crippen LogP) is 3.68. The minimum absolute atomic E-state index is 0.296. The number of rotatable bonds is 4. The van der Waals surface area contributed by atoms with Crippen molar-refractivity contribution >= 4 is 5.69 Å². The van der Waals surface area contributed by atoms with Gasteiger partial charge in [-0.1, -0.05) is 6.42 Å². The van der Waals surface area contributed by atoms with Gasteiger partial charge >= 0.3 is 0 Å². The maximum Gasteiger partial charge on any atom is 0.167 e. The second-order valence-electron chi connectivity index (χ2n) is 5.67. The summed E-state index contributed by atoms with van der Waals surface area (Å²) in [6.45, 7) is 0.979. The van der Waals surface area contributed by atoms with Gasteiger partial charge in [0.2, 0.25) is 0 Å². The number of fused-ring (bicyclic) bond motifs is 2. The molecule has 2 aliphatic carbocycles. The lowest BCUT2D eigenvalue weighted by Crippen LogP contribution is -2.20. The molecule has 2 nitrogen and oxygen atoms in total. The van der Waals surface area contributed by atoms with Gasteiger partial charge in [-0.2, -0.15) is 0 Å². The first-order valence-electron chi connectivity index (χ1n) is 6.83. The van der Waals surface area contributed by atoms with Gasteiger partial charge in [-0.3, -0.25) is 0 Å². The van der Waals surface area contributed by atoms with Gasteiger partial charge in [-0.05, 0) is 49.1 Å². The van der Waals surface area contributed by atoms with Crippen LogP contribution in [0.4, 0.5) is 10.1 Å². The van der Waals surface area contributed by atoms with Crippen LogP contribution in [-0.4, -0.2) is 13.7 Å². The fraction of sp³-hybridized carbons (Fsp3) is 0.600. The summed E-state index contributed by atoms with van der Waals surface area (Å²) in [5.74, 6) is 2.67. The molecule has 3 unspecified atom stereocenters. The molecule has 3 rings (SSSR count). The zero-order valence-corrected chi connectivity index (χ0v) is 10.8. The molecule has 2 bridgehead atoms. The molecular weight excluding hydrogens is 229 g/mol. The van der Waals surface area contributed by atoms with Crippen molar-refractivity contribution in [2.75, 3.05) is 19.0 Å². The quantitative estimate of drug-likeness (QED) is 0.878. The number of methoxy groups -OCH3 is 1. The molecule has 0 saturated heterocycles. The van der Waals surface area contributed by atoms with E-state index in [1.165, 1.54) is 38.9 Å². The summed E-state index contributed by atoms with van der Waals surface area (Å²) in [4.78, 5) is 0. The van der Waals surface area contributed by atoms with Crippen LogP contribution in [0.25, 0.3) is 0 Å². The van der Waals surface area contributed by atoms with E-state index in [1.807, 2.05) is 6.07 Å². The first-order chi connectivity index (χ1) is 8.76. The SMILES string of the molecule is COc1ccc(NCC2CC3CCC2C3)cc1F. The molecule has 0 heterocycles. The van der Waals surface area contributed by atoms with Crippen LogP contribution >= 0.6 is 0 Å². The van der Waals surface area contributed by atoms with Crippen molar-refractivity contribution in [1.82, 2.24) is 0 Å². The number of hydrogen-bond acceptors (Lipinski definition) is 2. The van der Waals surface area contributed by atoms with E-state index in [4.69, 9.17) is 4.74 Å². The summed E-state index contributed by atoms with van der Waals surface area (Å²) in [5.41, 5.74) is 0.857. The van der Waals surface area contributed by atoms with Gasteiger partial charge in [0.15, 0.2) is 11.6 Å². The highest BCUT2D eigenvalue weighted by molar-refractivity contribution is 5.47. The van der Waals surface area contributed by atoms with E-state index in [-0.39, 0.29) is 5.82 Å². The highest BCUT2D eigenvalue weighted by Crippen LogP contribution is 2.48. The van der Waals surface area contributed by atoms with E-state index >= 15 is 0 Å². The Morgan fingerprint density at radius 1 is 1.33 bits per heavy atom. The summed E-state index contributed by atoms with van der Waals surface area (Å²) in [5, 5.41) is 3.37. The highest BCUT2D eigenvalue weighted by atomic mass is 19.1. The smallest absolute Gasteiger partial charge is 0.167 e. The second-order valence-corrected chi connectivity index (χ2v) is 5.67. The average molecular weight is 249 g/mol. The summed E-state index contributed by atoms with van der Waals surface area (Å²) < 4.78 is 18.5. The second kappa shape index (κ2) is 4.79. The Labute approximate surface area is 108 Å². The normalized spacial score (nSPS) is 29.6. The van der Waals surface area contributed by atoms with E-state index < -0.39 is 0 Å². The summed E-state index contributed by atoms with van der Waals surface area (Å²) in [6, 6.07) is 5.08. The Balaban J connectivity index is 1.58. The van der Waals surface area contributed by atoms with E-state index in [1.54, 1.807) is 6.07 Å². The Bertz CT molecular complexity index is 435. The van der Waals surface area contributed by atoms with Crippen LogP contribution in [0.3, 0.4) is 0 Å². The predicted molar refractivity (Wildman–Crippen MR) is 70.4 cm³/mol. The van der Waals surface area contributed by atoms with Gasteiger partial charge < -0.3 is 10.1 Å². The fourth-order valence-corrected chi connectivity index (χ4v) is 3.65. The summed E-state index contributed by atoms with van der Waals surface area (Å²) in [7, 11) is 1.49. The number of halogens is 1. The minimum Gasteiger partial charge on any atom is -0.494 e. The van der Waals surface area contributed by atoms with Crippen molar-refractivity contribution in [1.29, 1.82) is 0 Å². The molecule has 0 amide bonds. The fourth-order valence-electron chi connectivity index (χ4n) is 3.65. The third kappa shape index (κ3) is 2.18. The molecule has 0 aromatic heterocycles. The lowest BCUT2D eigenvalue weighted by Gasteiger charge is -2.22. The van der Waals surface area contributed by atoms with E-state index in [9.17, 15) is 4.39 Å².